The summed E-state index contributed by atoms with van der Waals surface area (Å²) in [6, 6.07) is 0.0312. The van der Waals surface area contributed by atoms with E-state index in [0.717, 1.165) is 38.5 Å². The van der Waals surface area contributed by atoms with E-state index in [1.807, 2.05) is 0 Å². The van der Waals surface area contributed by atoms with Gasteiger partial charge < -0.3 is 5.11 Å². The van der Waals surface area contributed by atoms with Gasteiger partial charge in [-0.25, -0.2) is 0 Å². The van der Waals surface area contributed by atoms with Crippen LogP contribution in [0.1, 0.15) is 38.5 Å². The van der Waals surface area contributed by atoms with Crippen LogP contribution in [-0.4, -0.2) is 32.2 Å². The monoisotopic (exact) mass is 248 g/mol. The molecule has 5 nitrogen and oxygen atoms in total. The molecule has 2 saturated carbocycles. The average Bonchev–Trinajstić information content (AvgIpc) is 3.01. The first-order valence-corrected chi connectivity index (χ1v) is 7.49. The molecule has 0 bridgehead atoms. The van der Waals surface area contributed by atoms with Crippen molar-refractivity contribution in [1.29, 1.82) is 0 Å². The lowest BCUT2D eigenvalue weighted by molar-refractivity contribution is 0.164. The maximum atomic E-state index is 11.7. The van der Waals surface area contributed by atoms with Gasteiger partial charge in [0.05, 0.1) is 0 Å². The highest BCUT2D eigenvalue weighted by Gasteiger charge is 2.31. The standard InChI is InChI=1S/C10H20N2O3S/c13-7-8-3-1-2-4-10(8)12-16(14,15)11-9-5-6-9/h8-13H,1-7H2. The average molecular weight is 248 g/mol. The van der Waals surface area contributed by atoms with E-state index in [4.69, 9.17) is 0 Å². The minimum absolute atomic E-state index is 0.0661. The SMILES string of the molecule is O=S(=O)(NC1CC1)NC1CCCCC1CO. The Balaban J connectivity index is 1.90. The van der Waals surface area contributed by atoms with Crippen molar-refractivity contribution >= 4 is 10.2 Å². The molecule has 0 saturated heterocycles. The third-order valence-electron chi connectivity index (χ3n) is 3.35. The third-order valence-corrected chi connectivity index (χ3v) is 4.61. The zero-order chi connectivity index (χ0) is 11.6. The predicted molar refractivity (Wildman–Crippen MR) is 61.0 cm³/mol. The molecule has 0 spiro atoms. The van der Waals surface area contributed by atoms with Gasteiger partial charge in [-0.2, -0.15) is 17.9 Å². The lowest BCUT2D eigenvalue weighted by atomic mass is 9.86. The van der Waals surface area contributed by atoms with Gasteiger partial charge in [-0.15, -0.1) is 0 Å². The Morgan fingerprint density at radius 1 is 1.06 bits per heavy atom. The van der Waals surface area contributed by atoms with Crippen LogP contribution >= 0.6 is 0 Å². The van der Waals surface area contributed by atoms with Gasteiger partial charge in [0.15, 0.2) is 0 Å². The van der Waals surface area contributed by atoms with E-state index < -0.39 is 10.2 Å². The molecule has 94 valence electrons. The maximum absolute atomic E-state index is 11.7. The predicted octanol–water partition coefficient (Wildman–Crippen LogP) is 0.124. The van der Waals surface area contributed by atoms with Crippen molar-refractivity contribution in [3.8, 4) is 0 Å². The van der Waals surface area contributed by atoms with E-state index in [1.54, 1.807) is 0 Å². The first kappa shape index (κ1) is 12.3. The lowest BCUT2D eigenvalue weighted by Crippen LogP contribution is -2.48. The highest BCUT2D eigenvalue weighted by molar-refractivity contribution is 7.87. The second kappa shape index (κ2) is 5.00. The molecule has 3 N–H and O–H groups in total. The number of nitrogens with one attached hydrogen (secondary N) is 2. The summed E-state index contributed by atoms with van der Waals surface area (Å²) in [5, 5.41) is 9.20. The zero-order valence-electron chi connectivity index (χ0n) is 9.35. The third kappa shape index (κ3) is 3.41. The molecular weight excluding hydrogens is 228 g/mol. The molecule has 16 heavy (non-hydrogen) atoms. The molecule has 0 aromatic heterocycles. The van der Waals surface area contributed by atoms with Crippen LogP contribution in [0.4, 0.5) is 0 Å². The van der Waals surface area contributed by atoms with Gasteiger partial charge in [0.25, 0.3) is 10.2 Å². The molecule has 0 heterocycles. The van der Waals surface area contributed by atoms with Crippen LogP contribution in [0.15, 0.2) is 0 Å². The van der Waals surface area contributed by atoms with E-state index in [-0.39, 0.29) is 24.6 Å². The lowest BCUT2D eigenvalue weighted by Gasteiger charge is -2.30. The fourth-order valence-corrected chi connectivity index (χ4v) is 3.69. The summed E-state index contributed by atoms with van der Waals surface area (Å²) in [7, 11) is -3.37. The van der Waals surface area contributed by atoms with Crippen molar-refractivity contribution < 1.29 is 13.5 Å². The minimum Gasteiger partial charge on any atom is -0.396 e. The largest absolute Gasteiger partial charge is 0.396 e. The summed E-state index contributed by atoms with van der Waals surface area (Å²) in [6.45, 7) is 0.0661. The van der Waals surface area contributed by atoms with E-state index in [1.165, 1.54) is 0 Å². The molecule has 6 heteroatoms. The van der Waals surface area contributed by atoms with Crippen molar-refractivity contribution in [1.82, 2.24) is 9.44 Å². The van der Waals surface area contributed by atoms with E-state index in [0.29, 0.717) is 0 Å². The second-order valence-electron chi connectivity index (χ2n) is 4.85. The molecule has 0 aliphatic heterocycles. The zero-order valence-corrected chi connectivity index (χ0v) is 10.2. The molecule has 2 aliphatic carbocycles. The first-order valence-electron chi connectivity index (χ1n) is 6.01. The topological polar surface area (TPSA) is 78.4 Å². The molecule has 0 amide bonds. The van der Waals surface area contributed by atoms with Crippen molar-refractivity contribution in [2.24, 2.45) is 5.92 Å². The molecule has 0 aromatic rings. The molecule has 2 aliphatic rings. The van der Waals surface area contributed by atoms with E-state index >= 15 is 0 Å². The van der Waals surface area contributed by atoms with Gasteiger partial charge in [0.1, 0.15) is 0 Å². The molecule has 0 aromatic carbocycles. The number of hydrogen-bond acceptors (Lipinski definition) is 3. The molecule has 2 rings (SSSR count). The quantitative estimate of drug-likeness (QED) is 0.647. The van der Waals surface area contributed by atoms with Crippen molar-refractivity contribution in [2.75, 3.05) is 6.61 Å². The summed E-state index contributed by atoms with van der Waals surface area (Å²) < 4.78 is 28.7. The maximum Gasteiger partial charge on any atom is 0.277 e. The Bertz CT molecular complexity index is 327. The summed E-state index contributed by atoms with van der Waals surface area (Å²) in [5.41, 5.74) is 0. The number of rotatable bonds is 5. The summed E-state index contributed by atoms with van der Waals surface area (Å²) in [4.78, 5) is 0. The van der Waals surface area contributed by atoms with Crippen molar-refractivity contribution in [3.05, 3.63) is 0 Å². The normalized spacial score (nSPS) is 31.6. The molecular formula is C10H20N2O3S. The highest BCUT2D eigenvalue weighted by Crippen LogP contribution is 2.25. The van der Waals surface area contributed by atoms with Crippen LogP contribution in [0.2, 0.25) is 0 Å². The van der Waals surface area contributed by atoms with E-state index in [2.05, 4.69) is 9.44 Å². The van der Waals surface area contributed by atoms with Gasteiger partial charge >= 0.3 is 0 Å². The van der Waals surface area contributed by atoms with Gasteiger partial charge in [-0.3, -0.25) is 0 Å². The van der Waals surface area contributed by atoms with Gasteiger partial charge in [0, 0.05) is 18.7 Å². The molecule has 2 atom stereocenters. The summed E-state index contributed by atoms with van der Waals surface area (Å²) in [5.74, 6) is 0.0736. The Morgan fingerprint density at radius 3 is 2.38 bits per heavy atom. The van der Waals surface area contributed by atoms with E-state index in [9.17, 15) is 13.5 Å². The molecule has 2 unspecified atom stereocenters. The first-order chi connectivity index (χ1) is 7.61. The summed E-state index contributed by atoms with van der Waals surface area (Å²) in [6.07, 6.45) is 5.74. The Labute approximate surface area is 96.8 Å². The van der Waals surface area contributed by atoms with Crippen LogP contribution in [0.3, 0.4) is 0 Å². The van der Waals surface area contributed by atoms with Gasteiger partial charge in [0.2, 0.25) is 0 Å². The van der Waals surface area contributed by atoms with Crippen molar-refractivity contribution in [2.45, 2.75) is 50.6 Å². The Kier molecular flexibility index (Phi) is 3.84. The fraction of sp³-hybridized carbons (Fsp3) is 1.00. The fourth-order valence-electron chi connectivity index (χ4n) is 2.24. The van der Waals surface area contributed by atoms with Crippen LogP contribution < -0.4 is 9.44 Å². The van der Waals surface area contributed by atoms with Crippen molar-refractivity contribution in [3.63, 3.8) is 0 Å². The molecule has 0 radical (unpaired) electrons. The minimum atomic E-state index is -3.37. The smallest absolute Gasteiger partial charge is 0.277 e. The molecule has 2 fully saturated rings. The van der Waals surface area contributed by atoms with Gasteiger partial charge in [-0.1, -0.05) is 12.8 Å². The van der Waals surface area contributed by atoms with Gasteiger partial charge in [-0.05, 0) is 31.6 Å². The van der Waals surface area contributed by atoms with Crippen LogP contribution in [0.25, 0.3) is 0 Å². The highest BCUT2D eigenvalue weighted by atomic mass is 32.2. The number of aliphatic hydroxyl groups excluding tert-OH is 1. The number of hydrogen-bond donors (Lipinski definition) is 3. The summed E-state index contributed by atoms with van der Waals surface area (Å²) >= 11 is 0. The Hall–Kier alpha value is -0.170. The number of aliphatic hydroxyl groups is 1. The van der Waals surface area contributed by atoms with Crippen LogP contribution in [0, 0.1) is 5.92 Å². The Morgan fingerprint density at radius 2 is 1.75 bits per heavy atom. The second-order valence-corrected chi connectivity index (χ2v) is 6.33. The van der Waals surface area contributed by atoms with Crippen LogP contribution in [-0.2, 0) is 10.2 Å². The van der Waals surface area contributed by atoms with Crippen LogP contribution in [0.5, 0.6) is 0 Å².